The van der Waals surface area contributed by atoms with E-state index < -0.39 is 42.3 Å². The van der Waals surface area contributed by atoms with E-state index in [1.807, 2.05) is 0 Å². The van der Waals surface area contributed by atoms with Gasteiger partial charge >= 0.3 is 18.0 Å². The van der Waals surface area contributed by atoms with Gasteiger partial charge in [0.15, 0.2) is 0 Å². The van der Waals surface area contributed by atoms with Crippen molar-refractivity contribution in [3.05, 3.63) is 0 Å². The van der Waals surface area contributed by atoms with E-state index in [1.54, 1.807) is 6.92 Å². The molecule has 9 heteroatoms. The molecule has 0 aliphatic rings. The molecule has 0 aliphatic heterocycles. The van der Waals surface area contributed by atoms with Gasteiger partial charge in [0, 0.05) is 13.6 Å². The zero-order valence-electron chi connectivity index (χ0n) is 11.6. The van der Waals surface area contributed by atoms with Gasteiger partial charge in [0.1, 0.15) is 6.04 Å². The van der Waals surface area contributed by atoms with Crippen LogP contribution in [0.2, 0.25) is 0 Å². The minimum absolute atomic E-state index is 0.0431. The average Bonchev–Trinajstić information content (AvgIpc) is 2.35. The fourth-order valence-electron chi connectivity index (χ4n) is 1.43. The van der Waals surface area contributed by atoms with Crippen LogP contribution in [0.15, 0.2) is 0 Å². The Morgan fingerprint density at radius 1 is 1.35 bits per heavy atom. The number of hydrogen-bond donors (Lipinski definition) is 3. The van der Waals surface area contributed by atoms with Crippen molar-refractivity contribution in [3.8, 4) is 0 Å². The van der Waals surface area contributed by atoms with Crippen LogP contribution >= 0.6 is 0 Å². The molecule has 0 saturated carbocycles. The third-order valence-corrected chi connectivity index (χ3v) is 2.50. The standard InChI is InChI=1S/C11H19N3O6/c1-6(10(18)20-3)5-14(2)11(19)13-7(9(16)17)4-8(12)15/h6-7H,4-5H2,1-3H3,(H2,12,15)(H,13,19)(H,16,17)/t6?,7-/m1/s1. The number of urea groups is 1. The van der Waals surface area contributed by atoms with Gasteiger partial charge in [-0.2, -0.15) is 0 Å². The SMILES string of the molecule is COC(=O)C(C)CN(C)C(=O)N[C@H](CC(N)=O)C(=O)O. The molecule has 0 aromatic heterocycles. The van der Waals surface area contributed by atoms with E-state index >= 15 is 0 Å². The van der Waals surface area contributed by atoms with Gasteiger partial charge in [-0.3, -0.25) is 9.59 Å². The molecule has 3 amide bonds. The Morgan fingerprint density at radius 2 is 1.90 bits per heavy atom. The summed E-state index contributed by atoms with van der Waals surface area (Å²) in [4.78, 5) is 45.6. The largest absolute Gasteiger partial charge is 0.480 e. The molecule has 20 heavy (non-hydrogen) atoms. The number of aliphatic carboxylic acids is 1. The first-order valence-corrected chi connectivity index (χ1v) is 5.79. The van der Waals surface area contributed by atoms with Crippen molar-refractivity contribution < 1.29 is 29.0 Å². The van der Waals surface area contributed by atoms with E-state index in [4.69, 9.17) is 10.8 Å². The van der Waals surface area contributed by atoms with Gasteiger partial charge in [0.05, 0.1) is 19.4 Å². The number of esters is 1. The van der Waals surface area contributed by atoms with E-state index in [0.29, 0.717) is 0 Å². The van der Waals surface area contributed by atoms with E-state index in [2.05, 4.69) is 10.1 Å². The molecule has 114 valence electrons. The zero-order chi connectivity index (χ0) is 15.9. The molecule has 0 spiro atoms. The molecule has 0 bridgehead atoms. The molecule has 0 heterocycles. The highest BCUT2D eigenvalue weighted by Gasteiger charge is 2.25. The molecule has 0 radical (unpaired) electrons. The summed E-state index contributed by atoms with van der Waals surface area (Å²) in [7, 11) is 2.62. The molecule has 1 unspecified atom stereocenters. The van der Waals surface area contributed by atoms with Crippen LogP contribution in [0.4, 0.5) is 4.79 Å². The van der Waals surface area contributed by atoms with E-state index in [0.717, 1.165) is 4.90 Å². The van der Waals surface area contributed by atoms with Crippen LogP contribution < -0.4 is 11.1 Å². The van der Waals surface area contributed by atoms with Crippen molar-refractivity contribution in [3.63, 3.8) is 0 Å². The van der Waals surface area contributed by atoms with Crippen molar-refractivity contribution in [1.29, 1.82) is 0 Å². The number of carboxylic acids is 1. The van der Waals surface area contributed by atoms with Crippen LogP contribution in [0.3, 0.4) is 0 Å². The maximum atomic E-state index is 11.7. The summed E-state index contributed by atoms with van der Waals surface area (Å²) < 4.78 is 4.51. The highest BCUT2D eigenvalue weighted by atomic mass is 16.5. The summed E-state index contributed by atoms with van der Waals surface area (Å²) in [6.07, 6.45) is -0.512. The lowest BCUT2D eigenvalue weighted by atomic mass is 10.2. The molecule has 0 saturated heterocycles. The van der Waals surface area contributed by atoms with Crippen LogP contribution in [0.5, 0.6) is 0 Å². The van der Waals surface area contributed by atoms with Crippen molar-refractivity contribution in [1.82, 2.24) is 10.2 Å². The van der Waals surface area contributed by atoms with E-state index in [1.165, 1.54) is 14.2 Å². The second-order valence-electron chi connectivity index (χ2n) is 4.32. The summed E-state index contributed by atoms with van der Waals surface area (Å²) >= 11 is 0. The monoisotopic (exact) mass is 289 g/mol. The van der Waals surface area contributed by atoms with Gasteiger partial charge in [-0.15, -0.1) is 0 Å². The van der Waals surface area contributed by atoms with E-state index in [9.17, 15) is 19.2 Å². The summed E-state index contributed by atoms with van der Waals surface area (Å²) in [6.45, 7) is 1.61. The van der Waals surface area contributed by atoms with Crippen molar-refractivity contribution in [2.75, 3.05) is 20.7 Å². The van der Waals surface area contributed by atoms with Crippen LogP contribution in [-0.2, 0) is 19.1 Å². The van der Waals surface area contributed by atoms with Crippen molar-refractivity contribution in [2.45, 2.75) is 19.4 Å². The van der Waals surface area contributed by atoms with Gasteiger partial charge in [-0.1, -0.05) is 6.92 Å². The Kier molecular flexibility index (Phi) is 7.05. The second kappa shape index (κ2) is 7.97. The molecular weight excluding hydrogens is 270 g/mol. The summed E-state index contributed by atoms with van der Waals surface area (Å²) in [5, 5.41) is 11.0. The predicted octanol–water partition coefficient (Wildman–Crippen LogP) is -1.23. The van der Waals surface area contributed by atoms with Crippen molar-refractivity contribution in [2.24, 2.45) is 11.7 Å². The fraction of sp³-hybridized carbons (Fsp3) is 0.636. The molecule has 0 aromatic rings. The second-order valence-corrected chi connectivity index (χ2v) is 4.32. The van der Waals surface area contributed by atoms with Gasteiger partial charge in [-0.25, -0.2) is 9.59 Å². The Hall–Kier alpha value is -2.32. The number of rotatable bonds is 7. The maximum absolute atomic E-state index is 11.7. The lowest BCUT2D eigenvalue weighted by Crippen LogP contribution is -2.49. The number of methoxy groups -OCH3 is 1. The van der Waals surface area contributed by atoms with Gasteiger partial charge < -0.3 is 25.8 Å². The van der Waals surface area contributed by atoms with Gasteiger partial charge in [0.25, 0.3) is 0 Å². The first kappa shape index (κ1) is 17.7. The fourth-order valence-corrected chi connectivity index (χ4v) is 1.43. The van der Waals surface area contributed by atoms with Gasteiger partial charge in [0.2, 0.25) is 5.91 Å². The number of carbonyl (C=O) groups excluding carboxylic acids is 3. The Morgan fingerprint density at radius 3 is 2.30 bits per heavy atom. The first-order chi connectivity index (χ1) is 9.18. The topological polar surface area (TPSA) is 139 Å². The number of carbonyl (C=O) groups is 4. The Bertz CT molecular complexity index is 398. The van der Waals surface area contributed by atoms with E-state index in [-0.39, 0.29) is 6.54 Å². The molecule has 4 N–H and O–H groups in total. The highest BCUT2D eigenvalue weighted by molar-refractivity contribution is 5.87. The van der Waals surface area contributed by atoms with Crippen LogP contribution in [0.25, 0.3) is 0 Å². The zero-order valence-corrected chi connectivity index (χ0v) is 11.6. The Labute approximate surface area is 116 Å². The number of ether oxygens (including phenoxy) is 1. The smallest absolute Gasteiger partial charge is 0.326 e. The molecule has 2 atom stereocenters. The number of carboxylic acid groups (broad SMARTS) is 1. The van der Waals surface area contributed by atoms with Gasteiger partial charge in [-0.05, 0) is 0 Å². The average molecular weight is 289 g/mol. The number of nitrogens with zero attached hydrogens (tertiary/aromatic N) is 1. The lowest BCUT2D eigenvalue weighted by Gasteiger charge is -2.22. The van der Waals surface area contributed by atoms with Crippen LogP contribution in [-0.4, -0.2) is 60.6 Å². The molecule has 0 aromatic carbocycles. The quantitative estimate of drug-likeness (QED) is 0.501. The van der Waals surface area contributed by atoms with Crippen molar-refractivity contribution >= 4 is 23.9 Å². The number of primary amides is 1. The first-order valence-electron chi connectivity index (χ1n) is 5.79. The predicted molar refractivity (Wildman–Crippen MR) is 67.6 cm³/mol. The van der Waals surface area contributed by atoms with Crippen LogP contribution in [0.1, 0.15) is 13.3 Å². The number of amides is 3. The number of nitrogens with one attached hydrogen (secondary N) is 1. The number of hydrogen-bond acceptors (Lipinski definition) is 5. The lowest BCUT2D eigenvalue weighted by molar-refractivity contribution is -0.145. The molecular formula is C11H19N3O6. The number of nitrogens with two attached hydrogens (primary N) is 1. The summed E-state index contributed by atoms with van der Waals surface area (Å²) in [5.74, 6) is -3.26. The minimum atomic E-state index is -1.41. The van der Waals surface area contributed by atoms with Crippen LogP contribution in [0, 0.1) is 5.92 Å². The summed E-state index contributed by atoms with van der Waals surface area (Å²) in [6, 6.07) is -2.13. The third kappa shape index (κ3) is 6.03. The maximum Gasteiger partial charge on any atom is 0.326 e. The normalized spacial score (nSPS) is 12.9. The molecule has 9 nitrogen and oxygen atoms in total. The Balaban J connectivity index is 4.53. The summed E-state index contributed by atoms with van der Waals surface area (Å²) in [5.41, 5.74) is 4.89. The minimum Gasteiger partial charge on any atom is -0.480 e. The molecule has 0 aliphatic carbocycles. The highest BCUT2D eigenvalue weighted by Crippen LogP contribution is 2.02. The molecule has 0 rings (SSSR count). The third-order valence-electron chi connectivity index (χ3n) is 2.50. The molecule has 0 fully saturated rings.